The van der Waals surface area contributed by atoms with E-state index >= 15 is 0 Å². The van der Waals surface area contributed by atoms with Gasteiger partial charge < -0.3 is 10.4 Å². The van der Waals surface area contributed by atoms with Gasteiger partial charge in [0, 0.05) is 19.3 Å². The first-order valence-corrected chi connectivity index (χ1v) is 4.49. The Bertz CT molecular complexity index is 505. The first-order chi connectivity index (χ1) is 7.65. The van der Waals surface area contributed by atoms with E-state index < -0.39 is 5.97 Å². The van der Waals surface area contributed by atoms with Gasteiger partial charge in [-0.25, -0.2) is 4.79 Å². The Morgan fingerprint density at radius 1 is 1.31 bits per heavy atom. The number of aryl methyl sites for hydroxylation is 1. The van der Waals surface area contributed by atoms with Crippen LogP contribution < -0.4 is 5.32 Å². The fourth-order valence-electron chi connectivity index (χ4n) is 1.13. The fourth-order valence-corrected chi connectivity index (χ4v) is 1.13. The van der Waals surface area contributed by atoms with Crippen molar-refractivity contribution in [1.29, 1.82) is 0 Å². The van der Waals surface area contributed by atoms with Crippen LogP contribution in [0.3, 0.4) is 0 Å². The lowest BCUT2D eigenvalue weighted by molar-refractivity contribution is 0.0689. The molecule has 0 unspecified atom stereocenters. The van der Waals surface area contributed by atoms with Crippen molar-refractivity contribution in [3.63, 3.8) is 0 Å². The van der Waals surface area contributed by atoms with Crippen LogP contribution in [0.1, 0.15) is 10.5 Å². The van der Waals surface area contributed by atoms with Crippen LogP contribution in [-0.2, 0) is 7.05 Å². The summed E-state index contributed by atoms with van der Waals surface area (Å²) < 4.78 is 1.64. The van der Waals surface area contributed by atoms with Crippen molar-refractivity contribution in [2.45, 2.75) is 0 Å². The van der Waals surface area contributed by atoms with Crippen molar-refractivity contribution in [3.05, 3.63) is 30.1 Å². The van der Waals surface area contributed by atoms with Crippen molar-refractivity contribution >= 4 is 17.6 Å². The summed E-state index contributed by atoms with van der Waals surface area (Å²) in [7, 11) is 1.80. The largest absolute Gasteiger partial charge is 0.476 e. The highest BCUT2D eigenvalue weighted by atomic mass is 16.4. The van der Waals surface area contributed by atoms with E-state index in [1.165, 1.54) is 12.1 Å². The molecule has 82 valence electrons. The molecule has 0 atom stereocenters. The molecule has 2 aromatic heterocycles. The van der Waals surface area contributed by atoms with Crippen LogP contribution in [0.5, 0.6) is 0 Å². The van der Waals surface area contributed by atoms with E-state index in [4.69, 9.17) is 5.11 Å². The van der Waals surface area contributed by atoms with Crippen LogP contribution in [0.15, 0.2) is 24.4 Å². The number of hydrogen-bond acceptors (Lipinski definition) is 5. The van der Waals surface area contributed by atoms with Crippen molar-refractivity contribution < 1.29 is 9.90 Å². The molecule has 2 N–H and O–H groups in total. The van der Waals surface area contributed by atoms with Crippen molar-refractivity contribution in [1.82, 2.24) is 20.0 Å². The summed E-state index contributed by atoms with van der Waals surface area (Å²) in [5.74, 6) is -0.0274. The predicted octanol–water partition coefficient (Wildman–Crippen LogP) is 0.652. The van der Waals surface area contributed by atoms with Gasteiger partial charge >= 0.3 is 5.97 Å². The molecule has 16 heavy (non-hydrogen) atoms. The summed E-state index contributed by atoms with van der Waals surface area (Å²) in [5.41, 5.74) is -0.0911. The number of nitrogens with one attached hydrogen (secondary N) is 1. The minimum absolute atomic E-state index is 0.0911. The van der Waals surface area contributed by atoms with Crippen LogP contribution in [-0.4, -0.2) is 31.1 Å². The molecule has 2 aromatic rings. The molecule has 7 heteroatoms. The molecule has 0 aliphatic carbocycles. The highest BCUT2D eigenvalue weighted by Crippen LogP contribution is 2.10. The molecule has 0 amide bonds. The summed E-state index contributed by atoms with van der Waals surface area (Å²) >= 11 is 0. The molecule has 0 saturated heterocycles. The maximum atomic E-state index is 10.5. The average molecular weight is 219 g/mol. The van der Waals surface area contributed by atoms with Crippen LogP contribution in [0.4, 0.5) is 11.6 Å². The maximum absolute atomic E-state index is 10.5. The molecule has 2 rings (SSSR count). The molecular formula is C9H9N5O2. The Kier molecular flexibility index (Phi) is 2.50. The Labute approximate surface area is 90.7 Å². The number of carboxylic acids is 1. The zero-order chi connectivity index (χ0) is 11.5. The predicted molar refractivity (Wildman–Crippen MR) is 55.5 cm³/mol. The van der Waals surface area contributed by atoms with E-state index in [0.717, 1.165) is 0 Å². The third-order valence-electron chi connectivity index (χ3n) is 1.85. The molecule has 0 spiro atoms. The summed E-state index contributed by atoms with van der Waals surface area (Å²) in [5, 5.41) is 22.9. The van der Waals surface area contributed by atoms with Gasteiger partial charge in [0.25, 0.3) is 0 Å². The minimum atomic E-state index is -1.10. The molecule has 0 aromatic carbocycles. The number of hydrogen-bond donors (Lipinski definition) is 2. The Balaban J connectivity index is 2.14. The molecule has 0 saturated carbocycles. The first kappa shape index (κ1) is 10.1. The highest BCUT2D eigenvalue weighted by molar-refractivity contribution is 5.85. The van der Waals surface area contributed by atoms with Gasteiger partial charge in [0.05, 0.1) is 0 Å². The second-order valence-electron chi connectivity index (χ2n) is 3.11. The van der Waals surface area contributed by atoms with Gasteiger partial charge in [-0.3, -0.25) is 4.68 Å². The number of carbonyl (C=O) groups is 1. The number of anilines is 2. The summed E-state index contributed by atoms with van der Waals surface area (Å²) in [6.45, 7) is 0. The third-order valence-corrected chi connectivity index (χ3v) is 1.85. The zero-order valence-corrected chi connectivity index (χ0v) is 8.45. The van der Waals surface area contributed by atoms with Crippen LogP contribution in [0.25, 0.3) is 0 Å². The van der Waals surface area contributed by atoms with E-state index in [0.29, 0.717) is 11.6 Å². The fraction of sp³-hybridized carbons (Fsp3) is 0.111. The van der Waals surface area contributed by atoms with E-state index in [1.807, 2.05) is 0 Å². The number of nitrogens with zero attached hydrogens (tertiary/aromatic N) is 4. The monoisotopic (exact) mass is 219 g/mol. The van der Waals surface area contributed by atoms with Gasteiger partial charge in [-0.15, -0.1) is 10.2 Å². The summed E-state index contributed by atoms with van der Waals surface area (Å²) in [4.78, 5) is 10.5. The molecule has 2 heterocycles. The van der Waals surface area contributed by atoms with Gasteiger partial charge in [-0.2, -0.15) is 5.10 Å². The Morgan fingerprint density at radius 3 is 2.62 bits per heavy atom. The molecule has 7 nitrogen and oxygen atoms in total. The lowest BCUT2D eigenvalue weighted by Crippen LogP contribution is -2.03. The van der Waals surface area contributed by atoms with Gasteiger partial charge in [0.1, 0.15) is 0 Å². The minimum Gasteiger partial charge on any atom is -0.476 e. The number of aromatic nitrogens is 4. The summed E-state index contributed by atoms with van der Waals surface area (Å²) in [6, 6.07) is 4.68. The standard InChI is InChI=1S/C9H9N5O2/c1-14-5-4-8(13-14)10-7-3-2-6(9(15)16)11-12-7/h2-5H,1H3,(H,15,16)(H,10,12,13). The van der Waals surface area contributed by atoms with Crippen molar-refractivity contribution in [2.75, 3.05) is 5.32 Å². The average Bonchev–Trinajstić information content (AvgIpc) is 2.65. The number of carboxylic acid groups (broad SMARTS) is 1. The molecular weight excluding hydrogens is 210 g/mol. The van der Waals surface area contributed by atoms with E-state index in [-0.39, 0.29) is 5.69 Å². The van der Waals surface area contributed by atoms with Crippen molar-refractivity contribution in [2.24, 2.45) is 7.05 Å². The second kappa shape index (κ2) is 3.97. The number of aromatic carboxylic acids is 1. The zero-order valence-electron chi connectivity index (χ0n) is 8.45. The Hall–Kier alpha value is -2.44. The lowest BCUT2D eigenvalue weighted by atomic mass is 10.4. The second-order valence-corrected chi connectivity index (χ2v) is 3.11. The van der Waals surface area contributed by atoms with Gasteiger partial charge in [-0.05, 0) is 12.1 Å². The quantitative estimate of drug-likeness (QED) is 0.787. The van der Waals surface area contributed by atoms with Gasteiger partial charge in [-0.1, -0.05) is 0 Å². The highest BCUT2D eigenvalue weighted by Gasteiger charge is 2.05. The molecule has 0 radical (unpaired) electrons. The maximum Gasteiger partial charge on any atom is 0.356 e. The molecule has 0 aliphatic heterocycles. The van der Waals surface area contributed by atoms with E-state index in [9.17, 15) is 4.79 Å². The molecule has 0 aliphatic rings. The first-order valence-electron chi connectivity index (χ1n) is 4.49. The van der Waals surface area contributed by atoms with E-state index in [2.05, 4.69) is 20.6 Å². The van der Waals surface area contributed by atoms with Crippen LogP contribution in [0.2, 0.25) is 0 Å². The van der Waals surface area contributed by atoms with Gasteiger partial charge in [0.15, 0.2) is 17.3 Å². The lowest BCUT2D eigenvalue weighted by Gasteiger charge is -2.00. The SMILES string of the molecule is Cn1ccc(Nc2ccc(C(=O)O)nn2)n1. The topological polar surface area (TPSA) is 92.9 Å². The smallest absolute Gasteiger partial charge is 0.356 e. The number of rotatable bonds is 3. The van der Waals surface area contributed by atoms with E-state index in [1.54, 1.807) is 24.0 Å². The third kappa shape index (κ3) is 2.14. The Morgan fingerprint density at radius 2 is 2.12 bits per heavy atom. The van der Waals surface area contributed by atoms with Gasteiger partial charge in [0.2, 0.25) is 0 Å². The van der Waals surface area contributed by atoms with Crippen LogP contribution >= 0.6 is 0 Å². The summed E-state index contributed by atoms with van der Waals surface area (Å²) in [6.07, 6.45) is 1.78. The van der Waals surface area contributed by atoms with Crippen LogP contribution in [0, 0.1) is 0 Å². The molecule has 0 bridgehead atoms. The molecule has 0 fully saturated rings. The normalized spacial score (nSPS) is 10.1. The van der Waals surface area contributed by atoms with Crippen molar-refractivity contribution in [3.8, 4) is 0 Å².